The maximum absolute atomic E-state index is 11.7. The first-order valence-corrected chi connectivity index (χ1v) is 7.33. The maximum Gasteiger partial charge on any atom is 0.272 e. The molecule has 2 aromatic heterocycles. The van der Waals surface area contributed by atoms with E-state index in [1.165, 1.54) is 12.4 Å². The number of hydrogen-bond donors (Lipinski definition) is 1. The molecule has 2 rings (SSSR count). The molecule has 19 heavy (non-hydrogen) atoms. The molecule has 0 radical (unpaired) electrons. The molecule has 2 aromatic rings. The zero-order valence-corrected chi connectivity index (χ0v) is 14.0. The van der Waals surface area contributed by atoms with E-state index in [2.05, 4.69) is 63.3 Å². The van der Waals surface area contributed by atoms with Gasteiger partial charge in [0, 0.05) is 22.9 Å². The Kier molecular flexibility index (Phi) is 4.89. The Balaban J connectivity index is 2.00. The molecule has 1 amide bonds. The third-order valence-corrected chi connectivity index (χ3v) is 4.13. The van der Waals surface area contributed by atoms with Gasteiger partial charge in [-0.15, -0.1) is 0 Å². The van der Waals surface area contributed by atoms with Crippen molar-refractivity contribution in [3.63, 3.8) is 0 Å². The van der Waals surface area contributed by atoms with E-state index in [1.54, 1.807) is 18.3 Å². The minimum Gasteiger partial charge on any atom is -0.447 e. The number of carbonyl (C=O) groups excluding carboxylic acids is 1. The molecule has 98 valence electrons. The summed E-state index contributed by atoms with van der Waals surface area (Å²) in [5.74, 6) is 0.154. The van der Waals surface area contributed by atoms with Crippen LogP contribution in [-0.4, -0.2) is 17.1 Å². The zero-order valence-electron chi connectivity index (χ0n) is 9.23. The lowest BCUT2D eigenvalue weighted by atomic mass is 10.3. The van der Waals surface area contributed by atoms with Crippen molar-refractivity contribution in [3.05, 3.63) is 49.5 Å². The summed E-state index contributed by atoms with van der Waals surface area (Å²) in [6.45, 7) is 0. The van der Waals surface area contributed by atoms with Crippen LogP contribution in [0, 0.1) is 0 Å². The number of nitrogens with zero attached hydrogens (tertiary/aromatic N) is 2. The number of hydrogen-bond acceptors (Lipinski definition) is 4. The quantitative estimate of drug-likeness (QED) is 0.571. The van der Waals surface area contributed by atoms with Crippen molar-refractivity contribution in [2.75, 3.05) is 0 Å². The molecule has 0 aliphatic heterocycles. The van der Waals surface area contributed by atoms with Gasteiger partial charge in [0.05, 0.1) is 16.3 Å². The van der Waals surface area contributed by atoms with Crippen LogP contribution in [0.5, 0.6) is 0 Å². The normalized spacial score (nSPS) is 10.9. The van der Waals surface area contributed by atoms with E-state index in [4.69, 9.17) is 4.42 Å². The fourth-order valence-electron chi connectivity index (χ4n) is 1.18. The molecule has 0 saturated heterocycles. The van der Waals surface area contributed by atoms with Crippen LogP contribution in [0.25, 0.3) is 0 Å². The van der Waals surface area contributed by atoms with Crippen LogP contribution in [0.1, 0.15) is 16.1 Å². The average Bonchev–Trinajstić information content (AvgIpc) is 2.68. The van der Waals surface area contributed by atoms with E-state index in [9.17, 15) is 4.79 Å². The lowest BCUT2D eigenvalue weighted by Crippen LogP contribution is -2.17. The summed E-state index contributed by atoms with van der Waals surface area (Å²) in [7, 11) is 0. The molecule has 0 atom stereocenters. The highest BCUT2D eigenvalue weighted by Crippen LogP contribution is 2.25. The molecule has 0 saturated carbocycles. The summed E-state index contributed by atoms with van der Waals surface area (Å²) in [5, 5.41) is 3.80. The Morgan fingerprint density at radius 2 is 2.11 bits per heavy atom. The van der Waals surface area contributed by atoms with Gasteiger partial charge in [-0.2, -0.15) is 5.10 Å². The van der Waals surface area contributed by atoms with Crippen molar-refractivity contribution in [1.82, 2.24) is 10.4 Å². The van der Waals surface area contributed by atoms with Crippen LogP contribution in [0.3, 0.4) is 0 Å². The number of pyridine rings is 1. The van der Waals surface area contributed by atoms with E-state index >= 15 is 0 Å². The number of amides is 1. The molecule has 1 N–H and O–H groups in total. The average molecular weight is 452 g/mol. The minimum atomic E-state index is -0.352. The van der Waals surface area contributed by atoms with Gasteiger partial charge in [0.2, 0.25) is 0 Å². The predicted molar refractivity (Wildman–Crippen MR) is 81.1 cm³/mol. The smallest absolute Gasteiger partial charge is 0.272 e. The molecule has 0 aliphatic rings. The standard InChI is InChI=1S/C11H6Br3N3O2/c12-7-1-6(3-15-4-7)11(18)17-16-5-8-2-9(13)10(14)19-8/h1-5H,(H,17,18). The molecule has 0 bridgehead atoms. The molecular weight excluding hydrogens is 446 g/mol. The second-order valence-electron chi connectivity index (χ2n) is 3.36. The van der Waals surface area contributed by atoms with Crippen molar-refractivity contribution in [2.45, 2.75) is 0 Å². The first-order chi connectivity index (χ1) is 9.06. The van der Waals surface area contributed by atoms with Gasteiger partial charge in [-0.25, -0.2) is 5.43 Å². The van der Waals surface area contributed by atoms with Gasteiger partial charge in [-0.3, -0.25) is 9.78 Å². The lowest BCUT2D eigenvalue weighted by molar-refractivity contribution is 0.0954. The fourth-order valence-corrected chi connectivity index (χ4v) is 2.15. The van der Waals surface area contributed by atoms with Gasteiger partial charge in [0.1, 0.15) is 5.76 Å². The van der Waals surface area contributed by atoms with Gasteiger partial charge in [-0.05, 0) is 53.9 Å². The van der Waals surface area contributed by atoms with E-state index < -0.39 is 0 Å². The van der Waals surface area contributed by atoms with Crippen molar-refractivity contribution in [1.29, 1.82) is 0 Å². The molecule has 8 heteroatoms. The highest BCUT2D eigenvalue weighted by atomic mass is 79.9. The zero-order chi connectivity index (χ0) is 13.8. The van der Waals surface area contributed by atoms with Crippen molar-refractivity contribution >= 4 is 59.9 Å². The van der Waals surface area contributed by atoms with Crippen LogP contribution >= 0.6 is 47.8 Å². The maximum atomic E-state index is 11.7. The fraction of sp³-hybridized carbons (Fsp3) is 0. The Bertz CT molecular complexity index is 620. The Labute approximate surface area is 133 Å². The molecule has 0 aliphatic carbocycles. The number of furan rings is 1. The molecule has 5 nitrogen and oxygen atoms in total. The molecule has 0 aromatic carbocycles. The van der Waals surface area contributed by atoms with Crippen LogP contribution < -0.4 is 5.43 Å². The summed E-state index contributed by atoms with van der Waals surface area (Å²) in [6, 6.07) is 3.37. The Morgan fingerprint density at radius 3 is 2.74 bits per heavy atom. The van der Waals surface area contributed by atoms with E-state index in [0.717, 1.165) is 8.95 Å². The molecule has 0 spiro atoms. The monoisotopic (exact) mass is 449 g/mol. The van der Waals surface area contributed by atoms with E-state index in [-0.39, 0.29) is 5.91 Å². The number of hydrazone groups is 1. The second-order valence-corrected chi connectivity index (χ2v) is 5.85. The van der Waals surface area contributed by atoms with Gasteiger partial charge >= 0.3 is 0 Å². The third kappa shape index (κ3) is 3.99. The molecule has 0 unspecified atom stereocenters. The van der Waals surface area contributed by atoms with Gasteiger partial charge in [0.15, 0.2) is 4.67 Å². The number of carbonyl (C=O) groups is 1. The predicted octanol–water partition coefficient (Wildman–Crippen LogP) is 3.73. The third-order valence-electron chi connectivity index (χ3n) is 1.99. The van der Waals surface area contributed by atoms with Crippen molar-refractivity contribution in [2.24, 2.45) is 5.10 Å². The summed E-state index contributed by atoms with van der Waals surface area (Å²) in [4.78, 5) is 15.6. The van der Waals surface area contributed by atoms with Crippen LogP contribution in [0.2, 0.25) is 0 Å². The first-order valence-electron chi connectivity index (χ1n) is 4.95. The van der Waals surface area contributed by atoms with Crippen molar-refractivity contribution < 1.29 is 9.21 Å². The lowest BCUT2D eigenvalue weighted by Gasteiger charge is -1.98. The number of halogens is 3. The topological polar surface area (TPSA) is 67.5 Å². The Hall–Kier alpha value is -0.990. The van der Waals surface area contributed by atoms with Crippen LogP contribution in [0.4, 0.5) is 0 Å². The van der Waals surface area contributed by atoms with Gasteiger partial charge < -0.3 is 4.42 Å². The van der Waals surface area contributed by atoms with Crippen LogP contribution in [-0.2, 0) is 0 Å². The summed E-state index contributed by atoms with van der Waals surface area (Å²) >= 11 is 9.72. The summed E-state index contributed by atoms with van der Waals surface area (Å²) in [5.41, 5.74) is 2.79. The summed E-state index contributed by atoms with van der Waals surface area (Å²) in [6.07, 6.45) is 4.45. The van der Waals surface area contributed by atoms with Gasteiger partial charge in [-0.1, -0.05) is 0 Å². The molecule has 0 fully saturated rings. The molecule has 2 heterocycles. The molecular formula is C11H6Br3N3O2. The van der Waals surface area contributed by atoms with Crippen molar-refractivity contribution in [3.8, 4) is 0 Å². The minimum absolute atomic E-state index is 0.352. The van der Waals surface area contributed by atoms with E-state index in [1.807, 2.05) is 0 Å². The first kappa shape index (κ1) is 14.4. The SMILES string of the molecule is O=C(NN=Cc1cc(Br)c(Br)o1)c1cncc(Br)c1. The van der Waals surface area contributed by atoms with Crippen LogP contribution in [0.15, 0.2) is 47.7 Å². The second kappa shape index (κ2) is 6.44. The van der Waals surface area contributed by atoms with E-state index in [0.29, 0.717) is 16.0 Å². The highest BCUT2D eigenvalue weighted by Gasteiger charge is 2.06. The summed E-state index contributed by atoms with van der Waals surface area (Å²) < 4.78 is 7.34. The number of rotatable bonds is 3. The Morgan fingerprint density at radius 1 is 1.32 bits per heavy atom. The largest absolute Gasteiger partial charge is 0.447 e. The number of nitrogens with one attached hydrogen (secondary N) is 1. The number of aromatic nitrogens is 1. The van der Waals surface area contributed by atoms with Gasteiger partial charge in [0.25, 0.3) is 5.91 Å². The highest BCUT2D eigenvalue weighted by molar-refractivity contribution is 9.13.